The van der Waals surface area contributed by atoms with E-state index in [0.29, 0.717) is 26.3 Å². The van der Waals surface area contributed by atoms with Crippen LogP contribution in [-0.2, 0) is 22.4 Å². The molecule has 3 rings (SSSR count). The molecule has 39 heavy (non-hydrogen) atoms. The monoisotopic (exact) mass is 548 g/mol. The summed E-state index contributed by atoms with van der Waals surface area (Å²) in [5.41, 5.74) is 2.16. The first-order chi connectivity index (χ1) is 18.9. The fourth-order valence-corrected chi connectivity index (χ4v) is 4.48. The minimum absolute atomic E-state index is 0.142. The van der Waals surface area contributed by atoms with Crippen molar-refractivity contribution < 1.29 is 33.0 Å². The van der Waals surface area contributed by atoms with E-state index in [9.17, 15) is 23.5 Å². The molecule has 0 aliphatic carbocycles. The Hall–Kier alpha value is -3.31. The van der Waals surface area contributed by atoms with Gasteiger partial charge in [-0.25, -0.2) is 9.78 Å². The van der Waals surface area contributed by atoms with Gasteiger partial charge in [-0.2, -0.15) is 8.78 Å². The van der Waals surface area contributed by atoms with Crippen LogP contribution >= 0.6 is 0 Å². The Labute approximate surface area is 227 Å². The maximum absolute atomic E-state index is 12.7. The standard InChI is InChI=1S/C28H38F2N4O5/c1-2-38-19-18-34(16-6-5-9-21-13-12-20-8-7-15-31-25(20)32-21)17-14-23(27(36)37)33-26(35)22-10-3-4-11-24(22)39-28(29)30/h3-4,10-13,23,28H,2,5-9,14-19H2,1H3,(H,31,32)(H,33,35)(H,36,37). The lowest BCUT2D eigenvalue weighted by molar-refractivity contribution is -0.139. The summed E-state index contributed by atoms with van der Waals surface area (Å²) in [4.78, 5) is 31.5. The van der Waals surface area contributed by atoms with Gasteiger partial charge in [0.2, 0.25) is 0 Å². The number of alkyl halides is 2. The summed E-state index contributed by atoms with van der Waals surface area (Å²) in [5, 5.41) is 15.5. The van der Waals surface area contributed by atoms with Crippen LogP contribution in [0.4, 0.5) is 14.6 Å². The molecular weight excluding hydrogens is 510 g/mol. The van der Waals surface area contributed by atoms with E-state index in [1.54, 1.807) is 0 Å². The van der Waals surface area contributed by atoms with Crippen LogP contribution < -0.4 is 15.4 Å². The molecule has 1 aromatic heterocycles. The van der Waals surface area contributed by atoms with Crippen LogP contribution in [0, 0.1) is 0 Å². The zero-order chi connectivity index (χ0) is 28.0. The van der Waals surface area contributed by atoms with Crippen molar-refractivity contribution in [1.82, 2.24) is 15.2 Å². The van der Waals surface area contributed by atoms with Gasteiger partial charge in [-0.3, -0.25) is 4.79 Å². The van der Waals surface area contributed by atoms with Gasteiger partial charge in [0.15, 0.2) is 0 Å². The Bertz CT molecular complexity index is 1070. The van der Waals surface area contributed by atoms with Gasteiger partial charge in [-0.1, -0.05) is 18.2 Å². The van der Waals surface area contributed by atoms with E-state index in [4.69, 9.17) is 9.72 Å². The fourth-order valence-electron chi connectivity index (χ4n) is 4.48. The number of para-hydroxylation sites is 1. The number of aryl methyl sites for hydroxylation is 2. The van der Waals surface area contributed by atoms with E-state index in [1.165, 1.54) is 29.8 Å². The fraction of sp³-hybridized carbons (Fsp3) is 0.536. The maximum atomic E-state index is 12.7. The predicted molar refractivity (Wildman–Crippen MR) is 143 cm³/mol. The van der Waals surface area contributed by atoms with Crippen molar-refractivity contribution in [2.24, 2.45) is 0 Å². The molecule has 1 aliphatic rings. The van der Waals surface area contributed by atoms with Crippen LogP contribution in [0.2, 0.25) is 0 Å². The Kier molecular flexibility index (Phi) is 12.4. The van der Waals surface area contributed by atoms with Crippen LogP contribution in [0.1, 0.15) is 54.2 Å². The first kappa shape index (κ1) is 30.2. The molecular formula is C28H38F2N4O5. The molecule has 11 heteroatoms. The summed E-state index contributed by atoms with van der Waals surface area (Å²) < 4.78 is 35.3. The summed E-state index contributed by atoms with van der Waals surface area (Å²) in [6.45, 7) is 2.63. The topological polar surface area (TPSA) is 113 Å². The number of aliphatic carboxylic acids is 1. The van der Waals surface area contributed by atoms with Gasteiger partial charge in [-0.05, 0) is 75.8 Å². The maximum Gasteiger partial charge on any atom is 0.387 e. The van der Waals surface area contributed by atoms with Gasteiger partial charge in [0.25, 0.3) is 5.91 Å². The number of halogens is 2. The van der Waals surface area contributed by atoms with Crippen molar-refractivity contribution in [1.29, 1.82) is 0 Å². The Morgan fingerprint density at radius 1 is 1.15 bits per heavy atom. The molecule has 2 aromatic rings. The minimum atomic E-state index is -3.10. The van der Waals surface area contributed by atoms with E-state index < -0.39 is 24.5 Å². The molecule has 1 unspecified atom stereocenters. The summed E-state index contributed by atoms with van der Waals surface area (Å²) in [6, 6.07) is 8.54. The molecule has 2 heterocycles. The number of amides is 1. The lowest BCUT2D eigenvalue weighted by atomic mass is 10.1. The van der Waals surface area contributed by atoms with Crippen LogP contribution in [0.5, 0.6) is 5.75 Å². The van der Waals surface area contributed by atoms with Crippen molar-refractivity contribution in [3.8, 4) is 5.75 Å². The molecule has 0 radical (unpaired) electrons. The van der Waals surface area contributed by atoms with Crippen molar-refractivity contribution in [3.63, 3.8) is 0 Å². The number of hydrogen-bond acceptors (Lipinski definition) is 7. The summed E-state index contributed by atoms with van der Waals surface area (Å²) in [5.74, 6) is -1.31. The number of carbonyl (C=O) groups is 2. The summed E-state index contributed by atoms with van der Waals surface area (Å²) in [6.07, 6.45) is 4.99. The normalized spacial score (nSPS) is 13.6. The van der Waals surface area contributed by atoms with Crippen molar-refractivity contribution in [3.05, 3.63) is 53.2 Å². The highest BCUT2D eigenvalue weighted by atomic mass is 19.3. The third-order valence-electron chi connectivity index (χ3n) is 6.55. The van der Waals surface area contributed by atoms with Crippen molar-refractivity contribution in [2.45, 2.75) is 58.1 Å². The van der Waals surface area contributed by atoms with Gasteiger partial charge < -0.3 is 30.1 Å². The highest BCUT2D eigenvalue weighted by molar-refractivity contribution is 5.98. The molecule has 9 nitrogen and oxygen atoms in total. The minimum Gasteiger partial charge on any atom is -0.480 e. The van der Waals surface area contributed by atoms with E-state index in [2.05, 4.69) is 32.4 Å². The molecule has 0 fully saturated rings. The van der Waals surface area contributed by atoms with Crippen molar-refractivity contribution in [2.75, 3.05) is 44.7 Å². The number of unbranched alkanes of at least 4 members (excludes halogenated alkanes) is 1. The number of fused-ring (bicyclic) bond motifs is 1. The molecule has 1 amide bonds. The predicted octanol–water partition coefficient (Wildman–Crippen LogP) is 3.98. The number of hydrogen-bond donors (Lipinski definition) is 3. The van der Waals surface area contributed by atoms with Crippen molar-refractivity contribution >= 4 is 17.7 Å². The average Bonchev–Trinajstić information content (AvgIpc) is 2.92. The number of carbonyl (C=O) groups excluding carboxylic acids is 1. The third-order valence-corrected chi connectivity index (χ3v) is 6.55. The number of carboxylic acid groups (broad SMARTS) is 1. The quantitative estimate of drug-likeness (QED) is 0.255. The molecule has 0 saturated heterocycles. The SMILES string of the molecule is CCOCCN(CCCCc1ccc2c(n1)NCCC2)CCC(NC(=O)c1ccccc1OC(F)F)C(=O)O. The lowest BCUT2D eigenvalue weighted by Gasteiger charge is -2.24. The number of anilines is 1. The van der Waals surface area contributed by atoms with E-state index >= 15 is 0 Å². The number of carboxylic acids is 1. The Morgan fingerprint density at radius 2 is 1.97 bits per heavy atom. The second kappa shape index (κ2) is 15.9. The van der Waals surface area contributed by atoms with Crippen LogP contribution in [0.25, 0.3) is 0 Å². The molecule has 3 N–H and O–H groups in total. The van der Waals surface area contributed by atoms with Crippen LogP contribution in [0.3, 0.4) is 0 Å². The summed E-state index contributed by atoms with van der Waals surface area (Å²) in [7, 11) is 0. The number of aromatic nitrogens is 1. The largest absolute Gasteiger partial charge is 0.480 e. The average molecular weight is 549 g/mol. The Morgan fingerprint density at radius 3 is 2.74 bits per heavy atom. The first-order valence-electron chi connectivity index (χ1n) is 13.5. The second-order valence-electron chi connectivity index (χ2n) is 9.36. The molecule has 0 spiro atoms. The number of nitrogens with zero attached hydrogens (tertiary/aromatic N) is 2. The van der Waals surface area contributed by atoms with E-state index in [1.807, 2.05) is 6.92 Å². The molecule has 1 aromatic carbocycles. The highest BCUT2D eigenvalue weighted by Crippen LogP contribution is 2.21. The zero-order valence-electron chi connectivity index (χ0n) is 22.3. The third kappa shape index (κ3) is 10.1. The molecule has 0 bridgehead atoms. The Balaban J connectivity index is 1.52. The van der Waals surface area contributed by atoms with Gasteiger partial charge in [0.1, 0.15) is 17.6 Å². The number of ether oxygens (including phenoxy) is 2. The lowest BCUT2D eigenvalue weighted by Crippen LogP contribution is -2.43. The highest BCUT2D eigenvalue weighted by Gasteiger charge is 2.24. The second-order valence-corrected chi connectivity index (χ2v) is 9.36. The molecule has 1 aliphatic heterocycles. The van der Waals surface area contributed by atoms with Gasteiger partial charge in [0.05, 0.1) is 12.2 Å². The molecule has 1 atom stereocenters. The first-order valence-corrected chi connectivity index (χ1v) is 13.5. The van der Waals surface area contributed by atoms with Crippen LogP contribution in [0.15, 0.2) is 36.4 Å². The zero-order valence-corrected chi connectivity index (χ0v) is 22.3. The van der Waals surface area contributed by atoms with Gasteiger partial charge in [0, 0.05) is 31.9 Å². The molecule has 214 valence electrons. The van der Waals surface area contributed by atoms with Crippen LogP contribution in [-0.4, -0.2) is 78.9 Å². The summed E-state index contributed by atoms with van der Waals surface area (Å²) >= 11 is 0. The number of pyridine rings is 1. The van der Waals surface area contributed by atoms with E-state index in [0.717, 1.165) is 56.7 Å². The number of rotatable bonds is 17. The smallest absolute Gasteiger partial charge is 0.387 e. The van der Waals surface area contributed by atoms with E-state index in [-0.39, 0.29) is 17.7 Å². The number of benzene rings is 1. The van der Waals surface area contributed by atoms with Gasteiger partial charge >= 0.3 is 12.6 Å². The number of nitrogens with one attached hydrogen (secondary N) is 2. The van der Waals surface area contributed by atoms with Gasteiger partial charge in [-0.15, -0.1) is 0 Å². The molecule has 0 saturated carbocycles.